The number of likely N-dealkylation sites (tertiary alicyclic amines) is 1. The number of fused-ring (bicyclic) bond motifs is 1. The van der Waals surface area contributed by atoms with Crippen molar-refractivity contribution in [2.45, 2.75) is 38.2 Å². The molecule has 2 aliphatic rings. The summed E-state index contributed by atoms with van der Waals surface area (Å²) in [5, 5.41) is 6.85. The Bertz CT molecular complexity index is 804. The average molecular weight is 322 g/mol. The summed E-state index contributed by atoms with van der Waals surface area (Å²) in [7, 11) is 0. The molecule has 4 rings (SSSR count). The third-order valence-corrected chi connectivity index (χ3v) is 5.25. The number of piperidine rings is 1. The number of hydrogen-bond acceptors (Lipinski definition) is 3. The highest BCUT2D eigenvalue weighted by Gasteiger charge is 2.42. The molecule has 0 radical (unpaired) electrons. The minimum Gasteiger partial charge on any atom is -0.388 e. The molecule has 124 valence electrons. The van der Waals surface area contributed by atoms with Gasteiger partial charge in [0.1, 0.15) is 5.60 Å². The molecule has 4 nitrogen and oxygen atoms in total. The van der Waals surface area contributed by atoms with E-state index in [9.17, 15) is 4.79 Å². The molecule has 0 aliphatic carbocycles. The van der Waals surface area contributed by atoms with Crippen LogP contribution in [-0.2, 0) is 9.63 Å². The quantitative estimate of drug-likeness (QED) is 0.845. The molecule has 2 heterocycles. The van der Waals surface area contributed by atoms with Crippen LogP contribution in [0.3, 0.4) is 0 Å². The lowest BCUT2D eigenvalue weighted by Crippen LogP contribution is -2.46. The van der Waals surface area contributed by atoms with Gasteiger partial charge in [-0.05, 0) is 16.8 Å². The molecule has 0 bridgehead atoms. The Morgan fingerprint density at radius 3 is 2.67 bits per heavy atom. The van der Waals surface area contributed by atoms with Gasteiger partial charge >= 0.3 is 0 Å². The lowest BCUT2D eigenvalue weighted by Gasteiger charge is -2.37. The summed E-state index contributed by atoms with van der Waals surface area (Å²) < 4.78 is 0. The summed E-state index contributed by atoms with van der Waals surface area (Å²) >= 11 is 0. The van der Waals surface area contributed by atoms with Crippen LogP contribution in [0, 0.1) is 0 Å². The second-order valence-corrected chi connectivity index (χ2v) is 6.79. The number of benzene rings is 2. The Hall–Kier alpha value is -2.36. The van der Waals surface area contributed by atoms with E-state index in [1.165, 1.54) is 10.8 Å². The van der Waals surface area contributed by atoms with Gasteiger partial charge in [-0.3, -0.25) is 4.79 Å². The first-order valence-electron chi connectivity index (χ1n) is 8.71. The highest BCUT2D eigenvalue weighted by molar-refractivity contribution is 6.04. The van der Waals surface area contributed by atoms with Crippen LogP contribution in [0.25, 0.3) is 10.8 Å². The highest BCUT2D eigenvalue weighted by Crippen LogP contribution is 2.36. The molecule has 2 aromatic rings. The molecule has 1 spiro atoms. The van der Waals surface area contributed by atoms with Crippen molar-refractivity contribution in [1.29, 1.82) is 0 Å². The molecule has 2 aromatic carbocycles. The number of amides is 1. The van der Waals surface area contributed by atoms with E-state index in [1.54, 1.807) is 0 Å². The summed E-state index contributed by atoms with van der Waals surface area (Å²) in [5.41, 5.74) is 1.94. The molecule has 4 heteroatoms. The molecule has 24 heavy (non-hydrogen) atoms. The van der Waals surface area contributed by atoms with Gasteiger partial charge in [0, 0.05) is 44.3 Å². The Balaban J connectivity index is 1.48. The second-order valence-electron chi connectivity index (χ2n) is 6.79. The Morgan fingerprint density at radius 2 is 1.92 bits per heavy atom. The normalized spacial score (nSPS) is 19.4. The van der Waals surface area contributed by atoms with Gasteiger partial charge in [0.2, 0.25) is 5.91 Å². The van der Waals surface area contributed by atoms with Crippen molar-refractivity contribution in [1.82, 2.24) is 4.90 Å². The molecule has 2 aliphatic heterocycles. The van der Waals surface area contributed by atoms with Crippen molar-refractivity contribution >= 4 is 22.4 Å². The maximum atomic E-state index is 11.8. The number of carbonyl (C=O) groups excluding carboxylic acids is 1. The first kappa shape index (κ1) is 15.2. The van der Waals surface area contributed by atoms with Gasteiger partial charge < -0.3 is 9.74 Å². The lowest BCUT2D eigenvalue weighted by molar-refractivity contribution is -0.136. The Kier molecular flexibility index (Phi) is 3.75. The molecule has 1 saturated heterocycles. The number of oxime groups is 1. The molecule has 0 atom stereocenters. The molecule has 1 fully saturated rings. The highest BCUT2D eigenvalue weighted by atomic mass is 16.7. The zero-order valence-electron chi connectivity index (χ0n) is 14.0. The molecule has 0 N–H and O–H groups in total. The van der Waals surface area contributed by atoms with Crippen molar-refractivity contribution in [2.75, 3.05) is 13.1 Å². The Morgan fingerprint density at radius 1 is 1.17 bits per heavy atom. The smallest absolute Gasteiger partial charge is 0.222 e. The van der Waals surface area contributed by atoms with E-state index in [4.69, 9.17) is 4.84 Å². The van der Waals surface area contributed by atoms with Crippen LogP contribution in [0.4, 0.5) is 0 Å². The number of nitrogens with zero attached hydrogens (tertiary/aromatic N) is 2. The van der Waals surface area contributed by atoms with Crippen LogP contribution in [0.2, 0.25) is 0 Å². The van der Waals surface area contributed by atoms with E-state index in [0.29, 0.717) is 6.42 Å². The fourth-order valence-corrected chi connectivity index (χ4v) is 3.70. The number of rotatable bonds is 2. The van der Waals surface area contributed by atoms with Gasteiger partial charge in [0.05, 0.1) is 5.71 Å². The van der Waals surface area contributed by atoms with Crippen molar-refractivity contribution in [3.63, 3.8) is 0 Å². The number of hydrogen-bond donors (Lipinski definition) is 0. The summed E-state index contributed by atoms with van der Waals surface area (Å²) in [4.78, 5) is 19.7. The van der Waals surface area contributed by atoms with E-state index in [2.05, 4.69) is 47.6 Å². The molecule has 0 unspecified atom stereocenters. The molecular weight excluding hydrogens is 300 g/mol. The summed E-state index contributed by atoms with van der Waals surface area (Å²) in [6.45, 7) is 3.46. The molecule has 0 aromatic heterocycles. The maximum absolute atomic E-state index is 11.8. The van der Waals surface area contributed by atoms with Crippen LogP contribution in [0.5, 0.6) is 0 Å². The third kappa shape index (κ3) is 2.66. The SMILES string of the molecule is CCC(=O)N1CCC2(CC1)CC(c1ccc3ccccc3c1)=NO2. The average Bonchev–Trinajstić information content (AvgIpc) is 3.05. The van der Waals surface area contributed by atoms with Crippen LogP contribution >= 0.6 is 0 Å². The summed E-state index contributed by atoms with van der Waals surface area (Å²) in [6.07, 6.45) is 3.13. The van der Waals surface area contributed by atoms with Crippen molar-refractivity contribution in [3.8, 4) is 0 Å². The molecule has 0 saturated carbocycles. The van der Waals surface area contributed by atoms with Crippen LogP contribution < -0.4 is 0 Å². The van der Waals surface area contributed by atoms with Crippen LogP contribution in [0.15, 0.2) is 47.6 Å². The van der Waals surface area contributed by atoms with E-state index in [-0.39, 0.29) is 11.5 Å². The standard InChI is InChI=1S/C20H22N2O2/c1-2-19(23)22-11-9-20(10-12-22)14-18(21-24-20)17-8-7-15-5-3-4-6-16(15)13-17/h3-8,13H,2,9-12,14H2,1H3. The third-order valence-electron chi connectivity index (χ3n) is 5.25. The van der Waals surface area contributed by atoms with Gasteiger partial charge in [0.25, 0.3) is 0 Å². The van der Waals surface area contributed by atoms with Crippen LogP contribution in [-0.4, -0.2) is 35.2 Å². The van der Waals surface area contributed by atoms with Gasteiger partial charge in [-0.15, -0.1) is 0 Å². The second kappa shape index (κ2) is 5.93. The van der Waals surface area contributed by atoms with Crippen LogP contribution in [0.1, 0.15) is 38.2 Å². The van der Waals surface area contributed by atoms with Crippen molar-refractivity contribution < 1.29 is 9.63 Å². The van der Waals surface area contributed by atoms with Gasteiger partial charge in [0.15, 0.2) is 0 Å². The van der Waals surface area contributed by atoms with Gasteiger partial charge in [-0.25, -0.2) is 0 Å². The predicted molar refractivity (Wildman–Crippen MR) is 95.0 cm³/mol. The van der Waals surface area contributed by atoms with Gasteiger partial charge in [-0.1, -0.05) is 48.5 Å². The van der Waals surface area contributed by atoms with E-state index in [0.717, 1.165) is 43.6 Å². The maximum Gasteiger partial charge on any atom is 0.222 e. The minimum absolute atomic E-state index is 0.217. The zero-order valence-corrected chi connectivity index (χ0v) is 14.0. The number of carbonyl (C=O) groups is 1. The Labute approximate surface area is 142 Å². The van der Waals surface area contributed by atoms with Crippen molar-refractivity contribution in [3.05, 3.63) is 48.0 Å². The first-order valence-corrected chi connectivity index (χ1v) is 8.71. The van der Waals surface area contributed by atoms with Crippen molar-refractivity contribution in [2.24, 2.45) is 5.16 Å². The lowest BCUT2D eigenvalue weighted by atomic mass is 9.85. The topological polar surface area (TPSA) is 41.9 Å². The fourth-order valence-electron chi connectivity index (χ4n) is 3.70. The largest absolute Gasteiger partial charge is 0.388 e. The summed E-state index contributed by atoms with van der Waals surface area (Å²) in [6, 6.07) is 14.8. The first-order chi connectivity index (χ1) is 11.7. The fraction of sp³-hybridized carbons (Fsp3) is 0.400. The summed E-state index contributed by atoms with van der Waals surface area (Å²) in [5.74, 6) is 0.235. The molecular formula is C20H22N2O2. The van der Waals surface area contributed by atoms with E-state index >= 15 is 0 Å². The van der Waals surface area contributed by atoms with E-state index in [1.807, 2.05) is 11.8 Å². The zero-order chi connectivity index (χ0) is 16.6. The van der Waals surface area contributed by atoms with Gasteiger partial charge in [-0.2, -0.15) is 0 Å². The monoisotopic (exact) mass is 322 g/mol. The minimum atomic E-state index is -0.217. The predicted octanol–water partition coefficient (Wildman–Crippen LogP) is 3.74. The molecule has 1 amide bonds. The van der Waals surface area contributed by atoms with E-state index < -0.39 is 0 Å².